The Morgan fingerprint density at radius 3 is 1.92 bits per heavy atom. The van der Waals surface area contributed by atoms with E-state index in [1.807, 2.05) is 13.8 Å². The predicted octanol–water partition coefficient (Wildman–Crippen LogP) is 2.12. The normalized spacial score (nSPS) is 13.2. The average molecular weight is 171 g/mol. The number of hydrogen-bond donors (Lipinski definition) is 1. The van der Waals surface area contributed by atoms with Crippen LogP contribution in [-0.4, -0.2) is 11.3 Å². The number of nitrogens with two attached hydrogens (primary N) is 1. The Labute approximate surface area is 75.5 Å². The largest absolute Gasteiger partial charge is 0.326 e. The molecule has 2 heteroatoms. The number of rotatable bonds is 4. The Kier molecular flexibility index (Phi) is 3.45. The van der Waals surface area contributed by atoms with Crippen molar-refractivity contribution in [1.82, 2.24) is 0 Å². The van der Waals surface area contributed by atoms with Crippen molar-refractivity contribution in [2.75, 3.05) is 0 Å². The number of ketones is 1. The van der Waals surface area contributed by atoms with E-state index in [0.29, 0.717) is 6.42 Å². The molecule has 0 heterocycles. The van der Waals surface area contributed by atoms with E-state index >= 15 is 0 Å². The van der Waals surface area contributed by atoms with Gasteiger partial charge in [-0.25, -0.2) is 0 Å². The Hall–Kier alpha value is -0.370. The van der Waals surface area contributed by atoms with Crippen LogP contribution in [-0.2, 0) is 4.79 Å². The number of carbonyl (C=O) groups excluding carboxylic acids is 1. The summed E-state index contributed by atoms with van der Waals surface area (Å²) in [6, 6.07) is 0. The van der Waals surface area contributed by atoms with E-state index in [0.717, 1.165) is 6.42 Å². The van der Waals surface area contributed by atoms with Crippen molar-refractivity contribution >= 4 is 5.78 Å². The van der Waals surface area contributed by atoms with Gasteiger partial charge in [-0.15, -0.1) is 0 Å². The van der Waals surface area contributed by atoms with E-state index in [1.54, 1.807) is 6.92 Å². The van der Waals surface area contributed by atoms with Crippen LogP contribution >= 0.6 is 0 Å². The smallest absolute Gasteiger partial charge is 0.130 e. The summed E-state index contributed by atoms with van der Waals surface area (Å²) >= 11 is 0. The molecule has 0 amide bonds. The van der Waals surface area contributed by atoms with Crippen LogP contribution in [0.15, 0.2) is 0 Å². The fraction of sp³-hybridized carbons (Fsp3) is 0.900. The highest BCUT2D eigenvalue weighted by molar-refractivity contribution is 5.76. The first-order valence-electron chi connectivity index (χ1n) is 4.41. The molecule has 0 saturated carbocycles. The molecule has 0 aliphatic rings. The van der Waals surface area contributed by atoms with Crippen LogP contribution in [0.25, 0.3) is 0 Å². The van der Waals surface area contributed by atoms with Crippen molar-refractivity contribution < 1.29 is 4.79 Å². The van der Waals surface area contributed by atoms with Crippen LogP contribution in [0.3, 0.4) is 0 Å². The summed E-state index contributed by atoms with van der Waals surface area (Å²) in [5.41, 5.74) is 5.74. The van der Waals surface area contributed by atoms with Crippen molar-refractivity contribution in [1.29, 1.82) is 0 Å². The van der Waals surface area contributed by atoms with Gasteiger partial charge in [0.25, 0.3) is 0 Å². The second kappa shape index (κ2) is 3.56. The van der Waals surface area contributed by atoms with Gasteiger partial charge in [0, 0.05) is 12.0 Å². The summed E-state index contributed by atoms with van der Waals surface area (Å²) in [6.45, 7) is 9.79. The van der Waals surface area contributed by atoms with Gasteiger partial charge < -0.3 is 10.5 Å². The fourth-order valence-electron chi connectivity index (χ4n) is 1.97. The molecule has 0 bridgehead atoms. The molecule has 0 radical (unpaired) electrons. The lowest BCUT2D eigenvalue weighted by atomic mass is 9.77. The van der Waals surface area contributed by atoms with Crippen LogP contribution < -0.4 is 5.73 Å². The standard InChI is InChI=1S/C10H21NO/c1-8(12)6-9(2,3)7-10(4,5)11/h6-7,11H2,1-5H3. The van der Waals surface area contributed by atoms with Crippen LogP contribution in [0, 0.1) is 5.41 Å². The van der Waals surface area contributed by atoms with E-state index in [2.05, 4.69) is 13.8 Å². The van der Waals surface area contributed by atoms with Gasteiger partial charge in [0.2, 0.25) is 0 Å². The zero-order valence-electron chi connectivity index (χ0n) is 8.90. The SMILES string of the molecule is CC(=O)CC(C)(C)CC(C)(C)N. The number of Topliss-reactive ketones (excluding diaryl/α,β-unsaturated/α-hetero) is 1. The monoisotopic (exact) mass is 171 g/mol. The highest BCUT2D eigenvalue weighted by Gasteiger charge is 2.26. The fourth-order valence-corrected chi connectivity index (χ4v) is 1.97. The second-order valence-corrected chi connectivity index (χ2v) is 5.21. The molecule has 0 fully saturated rings. The molecule has 0 unspecified atom stereocenters. The van der Waals surface area contributed by atoms with Crippen LogP contribution in [0.1, 0.15) is 47.5 Å². The minimum Gasteiger partial charge on any atom is -0.326 e. The molecule has 0 aromatic carbocycles. The molecule has 2 N–H and O–H groups in total. The van der Waals surface area contributed by atoms with Crippen molar-refractivity contribution in [2.24, 2.45) is 11.1 Å². The van der Waals surface area contributed by atoms with Gasteiger partial charge >= 0.3 is 0 Å². The lowest BCUT2D eigenvalue weighted by Gasteiger charge is -2.31. The summed E-state index contributed by atoms with van der Waals surface area (Å²) in [4.78, 5) is 10.9. The quantitative estimate of drug-likeness (QED) is 0.704. The highest BCUT2D eigenvalue weighted by atomic mass is 16.1. The first-order valence-corrected chi connectivity index (χ1v) is 4.41. The Morgan fingerprint density at radius 2 is 1.67 bits per heavy atom. The van der Waals surface area contributed by atoms with Crippen molar-refractivity contribution in [3.05, 3.63) is 0 Å². The molecular formula is C10H21NO. The highest BCUT2D eigenvalue weighted by Crippen LogP contribution is 2.30. The molecule has 0 rings (SSSR count). The third-order valence-electron chi connectivity index (χ3n) is 1.66. The van der Waals surface area contributed by atoms with Crippen LogP contribution in [0.2, 0.25) is 0 Å². The molecule has 12 heavy (non-hydrogen) atoms. The van der Waals surface area contributed by atoms with Gasteiger partial charge in [0.05, 0.1) is 0 Å². The van der Waals surface area contributed by atoms with E-state index in [4.69, 9.17) is 5.73 Å². The first kappa shape index (κ1) is 11.6. The number of hydrogen-bond acceptors (Lipinski definition) is 2. The second-order valence-electron chi connectivity index (χ2n) is 5.21. The van der Waals surface area contributed by atoms with E-state index < -0.39 is 0 Å². The van der Waals surface area contributed by atoms with Crippen LogP contribution in [0.5, 0.6) is 0 Å². The van der Waals surface area contributed by atoms with E-state index in [9.17, 15) is 4.79 Å². The number of carbonyl (C=O) groups is 1. The summed E-state index contributed by atoms with van der Waals surface area (Å²) in [5, 5.41) is 0. The Bertz CT molecular complexity index is 165. The molecule has 2 nitrogen and oxygen atoms in total. The van der Waals surface area contributed by atoms with Gasteiger partial charge in [0.1, 0.15) is 5.78 Å². The summed E-state index contributed by atoms with van der Waals surface area (Å²) in [5.74, 6) is 0.240. The summed E-state index contributed by atoms with van der Waals surface area (Å²) < 4.78 is 0. The molecule has 0 spiro atoms. The van der Waals surface area contributed by atoms with Gasteiger partial charge in [-0.05, 0) is 32.6 Å². The van der Waals surface area contributed by atoms with E-state index in [-0.39, 0.29) is 16.7 Å². The zero-order valence-corrected chi connectivity index (χ0v) is 8.90. The van der Waals surface area contributed by atoms with Gasteiger partial charge in [-0.2, -0.15) is 0 Å². The molecule has 72 valence electrons. The molecule has 0 saturated heterocycles. The van der Waals surface area contributed by atoms with Crippen molar-refractivity contribution in [3.8, 4) is 0 Å². The van der Waals surface area contributed by atoms with Crippen LogP contribution in [0.4, 0.5) is 0 Å². The van der Waals surface area contributed by atoms with Crippen molar-refractivity contribution in [3.63, 3.8) is 0 Å². The Balaban J connectivity index is 4.13. The van der Waals surface area contributed by atoms with Gasteiger partial charge in [-0.3, -0.25) is 0 Å². The van der Waals surface area contributed by atoms with Gasteiger partial charge in [-0.1, -0.05) is 13.8 Å². The Morgan fingerprint density at radius 1 is 1.25 bits per heavy atom. The third kappa shape index (κ3) is 6.35. The van der Waals surface area contributed by atoms with Gasteiger partial charge in [0.15, 0.2) is 0 Å². The third-order valence-corrected chi connectivity index (χ3v) is 1.66. The zero-order chi connectivity index (χ0) is 9.99. The molecule has 0 aromatic heterocycles. The lowest BCUT2D eigenvalue weighted by molar-refractivity contribution is -0.119. The molecule has 0 atom stereocenters. The molecule has 0 aliphatic carbocycles. The molecule has 0 aliphatic heterocycles. The maximum Gasteiger partial charge on any atom is 0.130 e. The minimum atomic E-state index is -0.182. The topological polar surface area (TPSA) is 43.1 Å². The average Bonchev–Trinajstić information content (AvgIpc) is 1.48. The maximum absolute atomic E-state index is 10.9. The molecular weight excluding hydrogens is 150 g/mol. The summed E-state index contributed by atoms with van der Waals surface area (Å²) in [6.07, 6.45) is 1.49. The maximum atomic E-state index is 10.9. The summed E-state index contributed by atoms with van der Waals surface area (Å²) in [7, 11) is 0. The van der Waals surface area contributed by atoms with Crippen molar-refractivity contribution in [2.45, 2.75) is 53.0 Å². The first-order chi connectivity index (χ1) is 5.12. The predicted molar refractivity (Wildman–Crippen MR) is 52.0 cm³/mol. The minimum absolute atomic E-state index is 0.0318. The molecule has 0 aromatic rings. The van der Waals surface area contributed by atoms with E-state index in [1.165, 1.54) is 0 Å². The lowest BCUT2D eigenvalue weighted by Crippen LogP contribution is -2.37.